The average molecular weight is 367 g/mol. The SMILES string of the molecule is COc1ccc(S(=O)(=O)Nc2ccc(Cl)cc2)c2c1CC(N)CC2. The van der Waals surface area contributed by atoms with Gasteiger partial charge in [0.15, 0.2) is 0 Å². The number of methoxy groups -OCH3 is 1. The molecule has 0 aliphatic heterocycles. The summed E-state index contributed by atoms with van der Waals surface area (Å²) in [5.41, 5.74) is 8.18. The molecule has 0 saturated heterocycles. The fourth-order valence-corrected chi connectivity index (χ4v) is 4.49. The van der Waals surface area contributed by atoms with Gasteiger partial charge in [0.05, 0.1) is 12.0 Å². The highest BCUT2D eigenvalue weighted by Gasteiger charge is 2.27. The molecule has 1 aliphatic carbocycles. The molecule has 0 radical (unpaired) electrons. The van der Waals surface area contributed by atoms with Crippen LogP contribution in [-0.2, 0) is 22.9 Å². The van der Waals surface area contributed by atoms with Gasteiger partial charge in [-0.1, -0.05) is 11.6 Å². The highest BCUT2D eigenvalue weighted by Crippen LogP contribution is 2.34. The molecule has 1 unspecified atom stereocenters. The fraction of sp³-hybridized carbons (Fsp3) is 0.294. The van der Waals surface area contributed by atoms with E-state index < -0.39 is 10.0 Å². The number of benzene rings is 2. The van der Waals surface area contributed by atoms with Crippen molar-refractivity contribution in [3.05, 3.63) is 52.5 Å². The molecule has 2 aromatic rings. The zero-order chi connectivity index (χ0) is 17.3. The molecule has 0 spiro atoms. The molecule has 7 heteroatoms. The first-order valence-electron chi connectivity index (χ1n) is 7.63. The van der Waals surface area contributed by atoms with Gasteiger partial charge in [0, 0.05) is 22.3 Å². The normalized spacial score (nSPS) is 17.2. The second-order valence-electron chi connectivity index (χ2n) is 5.84. The average Bonchev–Trinajstić information content (AvgIpc) is 2.55. The minimum atomic E-state index is -3.70. The number of nitrogens with one attached hydrogen (secondary N) is 1. The van der Waals surface area contributed by atoms with Crippen LogP contribution in [0.5, 0.6) is 5.75 Å². The summed E-state index contributed by atoms with van der Waals surface area (Å²) in [5, 5.41) is 0.550. The topological polar surface area (TPSA) is 81.4 Å². The Kier molecular flexibility index (Phi) is 4.71. The second kappa shape index (κ2) is 6.63. The number of fused-ring (bicyclic) bond motifs is 1. The first-order valence-corrected chi connectivity index (χ1v) is 9.49. The van der Waals surface area contributed by atoms with E-state index in [0.29, 0.717) is 29.3 Å². The third-order valence-corrected chi connectivity index (χ3v) is 5.90. The lowest BCUT2D eigenvalue weighted by molar-refractivity contribution is 0.402. The van der Waals surface area contributed by atoms with Crippen molar-refractivity contribution in [2.24, 2.45) is 5.73 Å². The van der Waals surface area contributed by atoms with Crippen molar-refractivity contribution in [3.8, 4) is 5.75 Å². The lowest BCUT2D eigenvalue weighted by Gasteiger charge is -2.25. The number of nitrogens with two attached hydrogens (primary N) is 1. The van der Waals surface area contributed by atoms with Crippen LogP contribution in [0.15, 0.2) is 41.3 Å². The van der Waals surface area contributed by atoms with Crippen molar-refractivity contribution >= 4 is 27.3 Å². The second-order valence-corrected chi connectivity index (χ2v) is 7.93. The van der Waals surface area contributed by atoms with E-state index in [2.05, 4.69) is 4.72 Å². The van der Waals surface area contributed by atoms with Crippen molar-refractivity contribution in [2.45, 2.75) is 30.2 Å². The Hall–Kier alpha value is -1.76. The maximum absolute atomic E-state index is 12.8. The van der Waals surface area contributed by atoms with Crippen molar-refractivity contribution in [2.75, 3.05) is 11.8 Å². The Bertz CT molecular complexity index is 851. The largest absolute Gasteiger partial charge is 0.496 e. The minimum absolute atomic E-state index is 0.0218. The number of hydrogen-bond acceptors (Lipinski definition) is 4. The Balaban J connectivity index is 2.02. The number of halogens is 1. The van der Waals surface area contributed by atoms with Gasteiger partial charge in [-0.15, -0.1) is 0 Å². The molecule has 24 heavy (non-hydrogen) atoms. The number of anilines is 1. The van der Waals surface area contributed by atoms with Crippen LogP contribution >= 0.6 is 11.6 Å². The first-order chi connectivity index (χ1) is 11.4. The summed E-state index contributed by atoms with van der Waals surface area (Å²) < 4.78 is 33.6. The molecule has 0 heterocycles. The van der Waals surface area contributed by atoms with Gasteiger partial charge >= 0.3 is 0 Å². The Morgan fingerprint density at radius 1 is 1.17 bits per heavy atom. The van der Waals surface area contributed by atoms with Crippen LogP contribution in [0.1, 0.15) is 17.5 Å². The summed E-state index contributed by atoms with van der Waals surface area (Å²) in [6, 6.07) is 9.84. The lowest BCUT2D eigenvalue weighted by atomic mass is 9.88. The number of hydrogen-bond donors (Lipinski definition) is 2. The van der Waals surface area contributed by atoms with Gasteiger partial charge in [0.25, 0.3) is 10.0 Å². The van der Waals surface area contributed by atoms with Gasteiger partial charge in [0.2, 0.25) is 0 Å². The summed E-state index contributed by atoms with van der Waals surface area (Å²) in [6.45, 7) is 0. The van der Waals surface area contributed by atoms with Gasteiger partial charge in [-0.05, 0) is 61.2 Å². The molecule has 0 fully saturated rings. The van der Waals surface area contributed by atoms with Crippen LogP contribution in [0.2, 0.25) is 5.02 Å². The zero-order valence-electron chi connectivity index (χ0n) is 13.3. The van der Waals surface area contributed by atoms with E-state index >= 15 is 0 Å². The molecule has 0 aromatic heterocycles. The van der Waals surface area contributed by atoms with Crippen LogP contribution in [0.4, 0.5) is 5.69 Å². The minimum Gasteiger partial charge on any atom is -0.496 e. The molecule has 5 nitrogen and oxygen atoms in total. The van der Waals surface area contributed by atoms with Crippen LogP contribution in [0.3, 0.4) is 0 Å². The lowest BCUT2D eigenvalue weighted by Crippen LogP contribution is -2.29. The molecule has 0 saturated carbocycles. The van der Waals surface area contributed by atoms with Gasteiger partial charge in [-0.3, -0.25) is 4.72 Å². The van der Waals surface area contributed by atoms with E-state index in [1.165, 1.54) is 0 Å². The summed E-state index contributed by atoms with van der Waals surface area (Å²) >= 11 is 5.84. The van der Waals surface area contributed by atoms with Crippen molar-refractivity contribution in [1.29, 1.82) is 0 Å². The zero-order valence-corrected chi connectivity index (χ0v) is 14.8. The van der Waals surface area contributed by atoms with E-state index in [1.807, 2.05) is 0 Å². The van der Waals surface area contributed by atoms with Gasteiger partial charge in [-0.2, -0.15) is 0 Å². The van der Waals surface area contributed by atoms with Crippen molar-refractivity contribution < 1.29 is 13.2 Å². The van der Waals surface area contributed by atoms with Crippen LogP contribution in [0.25, 0.3) is 0 Å². The standard InChI is InChI=1S/C17H19ClN2O3S/c1-23-16-8-9-17(14-7-4-12(19)10-15(14)16)24(21,22)20-13-5-2-11(18)3-6-13/h2-3,5-6,8-9,12,20H,4,7,10,19H2,1H3. The van der Waals surface area contributed by atoms with Gasteiger partial charge < -0.3 is 10.5 Å². The van der Waals surface area contributed by atoms with E-state index in [1.54, 1.807) is 43.5 Å². The third-order valence-electron chi connectivity index (χ3n) is 4.18. The van der Waals surface area contributed by atoms with E-state index in [-0.39, 0.29) is 10.9 Å². The van der Waals surface area contributed by atoms with Crippen molar-refractivity contribution in [3.63, 3.8) is 0 Å². The van der Waals surface area contributed by atoms with E-state index in [4.69, 9.17) is 22.1 Å². The smallest absolute Gasteiger partial charge is 0.262 e. The third kappa shape index (κ3) is 3.36. The summed E-state index contributed by atoms with van der Waals surface area (Å²) in [5.74, 6) is 0.686. The molecule has 3 rings (SSSR count). The van der Waals surface area contributed by atoms with Gasteiger partial charge in [0.1, 0.15) is 5.75 Å². The number of rotatable bonds is 4. The fourth-order valence-electron chi connectivity index (χ4n) is 3.01. The van der Waals surface area contributed by atoms with Crippen LogP contribution in [-0.4, -0.2) is 21.6 Å². The van der Waals surface area contributed by atoms with Crippen LogP contribution < -0.4 is 15.2 Å². The Labute approximate surface area is 146 Å². The summed E-state index contributed by atoms with van der Waals surface area (Å²) in [6.07, 6.45) is 1.98. The quantitative estimate of drug-likeness (QED) is 0.871. The maximum Gasteiger partial charge on any atom is 0.262 e. The molecule has 0 bridgehead atoms. The number of sulfonamides is 1. The van der Waals surface area contributed by atoms with Gasteiger partial charge in [-0.25, -0.2) is 8.42 Å². The van der Waals surface area contributed by atoms with E-state index in [9.17, 15) is 8.42 Å². The predicted octanol–water partition coefficient (Wildman–Crippen LogP) is 2.97. The molecule has 1 atom stereocenters. The molecular formula is C17H19ClN2O3S. The predicted molar refractivity (Wildman–Crippen MR) is 95.3 cm³/mol. The molecule has 2 aromatic carbocycles. The van der Waals surface area contributed by atoms with Crippen LogP contribution in [0, 0.1) is 0 Å². The Morgan fingerprint density at radius 2 is 1.88 bits per heavy atom. The first kappa shape index (κ1) is 17.1. The van der Waals surface area contributed by atoms with E-state index in [0.717, 1.165) is 17.5 Å². The number of ether oxygens (including phenoxy) is 1. The summed E-state index contributed by atoms with van der Waals surface area (Å²) in [7, 11) is -2.12. The molecule has 3 N–H and O–H groups in total. The highest BCUT2D eigenvalue weighted by molar-refractivity contribution is 7.92. The Morgan fingerprint density at radius 3 is 2.54 bits per heavy atom. The molecule has 128 valence electrons. The molecular weight excluding hydrogens is 348 g/mol. The summed E-state index contributed by atoms with van der Waals surface area (Å²) in [4.78, 5) is 0.278. The molecule has 0 amide bonds. The highest BCUT2D eigenvalue weighted by atomic mass is 35.5. The monoisotopic (exact) mass is 366 g/mol. The van der Waals surface area contributed by atoms with Crippen molar-refractivity contribution in [1.82, 2.24) is 0 Å². The maximum atomic E-state index is 12.8. The molecule has 1 aliphatic rings.